The van der Waals surface area contributed by atoms with E-state index in [1.807, 2.05) is 45.0 Å². The number of hydrogen-bond donors (Lipinski definition) is 2. The lowest BCUT2D eigenvalue weighted by Gasteiger charge is -2.14. The standard InChI is InChI=1S/C18H22N4O2S/c1-4-12(3)19-17(23)18(24)20-16-13-9-25-10-14(13)21-22(16)15-8-6-5-7-11(15)2/h5-8,12H,4,9-10H2,1-3H3,(H,19,23)(H,20,24)/t12-/m0/s1. The van der Waals surface area contributed by atoms with Crippen molar-refractivity contribution < 1.29 is 9.59 Å². The molecule has 0 bridgehead atoms. The van der Waals surface area contributed by atoms with Gasteiger partial charge in [-0.1, -0.05) is 25.1 Å². The van der Waals surface area contributed by atoms with Crippen LogP contribution in [0, 0.1) is 6.92 Å². The lowest BCUT2D eigenvalue weighted by atomic mass is 10.2. The van der Waals surface area contributed by atoms with E-state index in [9.17, 15) is 9.59 Å². The highest BCUT2D eigenvalue weighted by molar-refractivity contribution is 7.98. The molecule has 132 valence electrons. The van der Waals surface area contributed by atoms with Crippen molar-refractivity contribution >= 4 is 29.4 Å². The molecule has 25 heavy (non-hydrogen) atoms. The summed E-state index contributed by atoms with van der Waals surface area (Å²) < 4.78 is 1.74. The van der Waals surface area contributed by atoms with Gasteiger partial charge in [-0.2, -0.15) is 16.9 Å². The first kappa shape index (κ1) is 17.5. The fourth-order valence-corrected chi connectivity index (χ4v) is 3.71. The van der Waals surface area contributed by atoms with Crippen LogP contribution >= 0.6 is 11.8 Å². The second-order valence-electron chi connectivity index (χ2n) is 6.20. The Labute approximate surface area is 151 Å². The summed E-state index contributed by atoms with van der Waals surface area (Å²) in [5.41, 5.74) is 3.92. The summed E-state index contributed by atoms with van der Waals surface area (Å²) >= 11 is 1.75. The number of para-hydroxylation sites is 1. The minimum absolute atomic E-state index is 0.0409. The maximum Gasteiger partial charge on any atom is 0.314 e. The van der Waals surface area contributed by atoms with Gasteiger partial charge >= 0.3 is 11.8 Å². The van der Waals surface area contributed by atoms with Gasteiger partial charge in [0.05, 0.1) is 11.4 Å². The van der Waals surface area contributed by atoms with Crippen molar-refractivity contribution in [1.29, 1.82) is 0 Å². The van der Waals surface area contributed by atoms with Crippen molar-refractivity contribution in [3.05, 3.63) is 41.1 Å². The summed E-state index contributed by atoms with van der Waals surface area (Å²) in [7, 11) is 0. The molecule has 3 rings (SSSR count). The average Bonchev–Trinajstić information content (AvgIpc) is 3.17. The number of fused-ring (bicyclic) bond motifs is 1. The molecule has 1 aliphatic heterocycles. The molecular formula is C18H22N4O2S. The molecule has 1 aliphatic rings. The van der Waals surface area contributed by atoms with Crippen LogP contribution in [0.15, 0.2) is 24.3 Å². The van der Waals surface area contributed by atoms with E-state index in [2.05, 4.69) is 15.7 Å². The van der Waals surface area contributed by atoms with Gasteiger partial charge in [-0.3, -0.25) is 9.59 Å². The van der Waals surface area contributed by atoms with Crippen molar-refractivity contribution in [3.63, 3.8) is 0 Å². The van der Waals surface area contributed by atoms with E-state index in [4.69, 9.17) is 0 Å². The van der Waals surface area contributed by atoms with Crippen LogP contribution in [-0.4, -0.2) is 27.6 Å². The molecular weight excluding hydrogens is 336 g/mol. The number of nitrogens with one attached hydrogen (secondary N) is 2. The predicted octanol–water partition coefficient (Wildman–Crippen LogP) is 2.78. The van der Waals surface area contributed by atoms with Gasteiger partial charge in [0, 0.05) is 23.1 Å². The third-order valence-corrected chi connectivity index (χ3v) is 5.29. The molecule has 2 amide bonds. The summed E-state index contributed by atoms with van der Waals surface area (Å²) in [5, 5.41) is 10.1. The number of anilines is 1. The van der Waals surface area contributed by atoms with Gasteiger partial charge in [0.2, 0.25) is 0 Å². The predicted molar refractivity (Wildman–Crippen MR) is 99.8 cm³/mol. The molecule has 0 unspecified atom stereocenters. The quantitative estimate of drug-likeness (QED) is 0.824. The van der Waals surface area contributed by atoms with Gasteiger partial charge in [0.1, 0.15) is 5.82 Å². The molecule has 0 spiro atoms. The van der Waals surface area contributed by atoms with Crippen LogP contribution in [-0.2, 0) is 21.1 Å². The van der Waals surface area contributed by atoms with Crippen molar-refractivity contribution in [1.82, 2.24) is 15.1 Å². The smallest absolute Gasteiger partial charge is 0.314 e. The minimum Gasteiger partial charge on any atom is -0.345 e. The van der Waals surface area contributed by atoms with Crippen LogP contribution in [0.25, 0.3) is 5.69 Å². The molecule has 6 nitrogen and oxygen atoms in total. The number of aryl methyl sites for hydroxylation is 1. The summed E-state index contributed by atoms with van der Waals surface area (Å²) in [6.45, 7) is 5.83. The first-order chi connectivity index (χ1) is 12.0. The number of benzene rings is 1. The van der Waals surface area contributed by atoms with E-state index in [-0.39, 0.29) is 6.04 Å². The molecule has 0 saturated carbocycles. The van der Waals surface area contributed by atoms with E-state index < -0.39 is 11.8 Å². The Morgan fingerprint density at radius 1 is 1.28 bits per heavy atom. The maximum absolute atomic E-state index is 12.4. The molecule has 0 radical (unpaired) electrons. The Morgan fingerprint density at radius 3 is 2.76 bits per heavy atom. The Kier molecular flexibility index (Phi) is 5.13. The second-order valence-corrected chi connectivity index (χ2v) is 7.19. The number of hydrogen-bond acceptors (Lipinski definition) is 4. The van der Waals surface area contributed by atoms with E-state index in [1.54, 1.807) is 16.4 Å². The van der Waals surface area contributed by atoms with Crippen molar-refractivity contribution in [2.24, 2.45) is 0 Å². The third kappa shape index (κ3) is 3.56. The Morgan fingerprint density at radius 2 is 2.04 bits per heavy atom. The molecule has 1 atom stereocenters. The van der Waals surface area contributed by atoms with E-state index in [0.717, 1.165) is 40.4 Å². The average molecular weight is 358 g/mol. The molecule has 2 aromatic rings. The third-order valence-electron chi connectivity index (χ3n) is 4.32. The molecule has 0 aliphatic carbocycles. The maximum atomic E-state index is 12.4. The molecule has 2 N–H and O–H groups in total. The second kappa shape index (κ2) is 7.31. The first-order valence-electron chi connectivity index (χ1n) is 8.37. The number of thioether (sulfide) groups is 1. The fraction of sp³-hybridized carbons (Fsp3) is 0.389. The number of amides is 2. The summed E-state index contributed by atoms with van der Waals surface area (Å²) in [6, 6.07) is 7.81. The highest BCUT2D eigenvalue weighted by Gasteiger charge is 2.27. The Hall–Kier alpha value is -2.28. The zero-order chi connectivity index (χ0) is 18.0. The topological polar surface area (TPSA) is 76.0 Å². The summed E-state index contributed by atoms with van der Waals surface area (Å²) in [5.74, 6) is 0.916. The summed E-state index contributed by atoms with van der Waals surface area (Å²) in [4.78, 5) is 24.5. The van der Waals surface area contributed by atoms with Gasteiger partial charge in [0.25, 0.3) is 0 Å². The zero-order valence-corrected chi connectivity index (χ0v) is 15.4. The lowest BCUT2D eigenvalue weighted by molar-refractivity contribution is -0.136. The lowest BCUT2D eigenvalue weighted by Crippen LogP contribution is -2.40. The van der Waals surface area contributed by atoms with E-state index in [0.29, 0.717) is 5.82 Å². The number of carbonyl (C=O) groups excluding carboxylic acids is 2. The number of nitrogens with zero attached hydrogens (tertiary/aromatic N) is 2. The van der Waals surface area contributed by atoms with Gasteiger partial charge in [-0.15, -0.1) is 0 Å². The highest BCUT2D eigenvalue weighted by atomic mass is 32.2. The first-order valence-corrected chi connectivity index (χ1v) is 9.53. The largest absolute Gasteiger partial charge is 0.345 e. The van der Waals surface area contributed by atoms with Crippen LogP contribution < -0.4 is 10.6 Å². The van der Waals surface area contributed by atoms with Crippen LogP contribution in [0.3, 0.4) is 0 Å². The normalized spacial score (nSPS) is 14.0. The van der Waals surface area contributed by atoms with Crippen LogP contribution in [0.5, 0.6) is 0 Å². The van der Waals surface area contributed by atoms with Gasteiger partial charge in [0.15, 0.2) is 0 Å². The van der Waals surface area contributed by atoms with Gasteiger partial charge in [-0.05, 0) is 31.9 Å². The van der Waals surface area contributed by atoms with Crippen LogP contribution in [0.1, 0.15) is 37.1 Å². The monoisotopic (exact) mass is 358 g/mol. The van der Waals surface area contributed by atoms with Crippen LogP contribution in [0.2, 0.25) is 0 Å². The highest BCUT2D eigenvalue weighted by Crippen LogP contribution is 2.36. The number of rotatable bonds is 4. The fourth-order valence-electron chi connectivity index (χ4n) is 2.67. The van der Waals surface area contributed by atoms with Crippen molar-refractivity contribution in [3.8, 4) is 5.69 Å². The van der Waals surface area contributed by atoms with Crippen LogP contribution in [0.4, 0.5) is 5.82 Å². The van der Waals surface area contributed by atoms with Crippen molar-refractivity contribution in [2.75, 3.05) is 5.32 Å². The molecule has 0 fully saturated rings. The van der Waals surface area contributed by atoms with Gasteiger partial charge in [-0.25, -0.2) is 4.68 Å². The minimum atomic E-state index is -0.658. The molecule has 1 aromatic heterocycles. The molecule has 7 heteroatoms. The molecule has 2 heterocycles. The zero-order valence-electron chi connectivity index (χ0n) is 14.6. The number of aromatic nitrogens is 2. The van der Waals surface area contributed by atoms with E-state index >= 15 is 0 Å². The Bertz CT molecular complexity index is 815. The van der Waals surface area contributed by atoms with E-state index in [1.165, 1.54) is 0 Å². The molecule has 1 aromatic carbocycles. The molecule has 0 saturated heterocycles. The van der Waals surface area contributed by atoms with Crippen molar-refractivity contribution in [2.45, 2.75) is 44.7 Å². The van der Waals surface area contributed by atoms with Gasteiger partial charge < -0.3 is 10.6 Å². The SMILES string of the molecule is CC[C@H](C)NC(=O)C(=O)Nc1c2c(nn1-c1ccccc1C)CSC2. The Balaban J connectivity index is 1.92. The number of carbonyl (C=O) groups is 2. The summed E-state index contributed by atoms with van der Waals surface area (Å²) in [6.07, 6.45) is 0.770.